The molecule has 19 heavy (non-hydrogen) atoms. The van der Waals surface area contributed by atoms with Gasteiger partial charge in [0.2, 0.25) is 0 Å². The Morgan fingerprint density at radius 3 is 2.21 bits per heavy atom. The van der Waals surface area contributed by atoms with Crippen LogP contribution in [0.3, 0.4) is 0 Å². The van der Waals surface area contributed by atoms with Crippen molar-refractivity contribution >= 4 is 17.3 Å². The van der Waals surface area contributed by atoms with E-state index in [0.717, 1.165) is 42.5 Å². The third kappa shape index (κ3) is 3.41. The zero-order chi connectivity index (χ0) is 14.0. The van der Waals surface area contributed by atoms with Gasteiger partial charge in [-0.2, -0.15) is 0 Å². The van der Waals surface area contributed by atoms with Gasteiger partial charge >= 0.3 is 0 Å². The van der Waals surface area contributed by atoms with Crippen LogP contribution in [0.1, 0.15) is 32.4 Å². The summed E-state index contributed by atoms with van der Waals surface area (Å²) in [6.45, 7) is 10.4. The maximum atomic E-state index is 9.57. The van der Waals surface area contributed by atoms with Crippen molar-refractivity contribution in [2.75, 3.05) is 31.1 Å². The molecule has 1 saturated heterocycles. The second-order valence-electron chi connectivity index (χ2n) is 5.50. The van der Waals surface area contributed by atoms with Crippen LogP contribution in [0, 0.1) is 0 Å². The Kier molecular flexibility index (Phi) is 4.71. The lowest BCUT2D eigenvalue weighted by atomic mass is 10.1. The molecule has 1 atom stereocenters. The first-order valence-electron chi connectivity index (χ1n) is 6.95. The maximum Gasteiger partial charge on any atom is 0.0762 e. The quantitative estimate of drug-likeness (QED) is 0.923. The zero-order valence-corrected chi connectivity index (χ0v) is 12.7. The summed E-state index contributed by atoms with van der Waals surface area (Å²) in [6, 6.07) is 6.46. The molecule has 0 radical (unpaired) electrons. The van der Waals surface area contributed by atoms with Crippen molar-refractivity contribution in [3.05, 3.63) is 28.8 Å². The van der Waals surface area contributed by atoms with Gasteiger partial charge in [-0.15, -0.1) is 0 Å². The Bertz CT molecular complexity index is 426. The first-order chi connectivity index (χ1) is 8.99. The Labute approximate surface area is 120 Å². The van der Waals surface area contributed by atoms with Gasteiger partial charge in [-0.05, 0) is 38.5 Å². The van der Waals surface area contributed by atoms with E-state index in [1.807, 2.05) is 18.2 Å². The van der Waals surface area contributed by atoms with Crippen LogP contribution < -0.4 is 4.90 Å². The Morgan fingerprint density at radius 2 is 1.74 bits per heavy atom. The fraction of sp³-hybridized carbons (Fsp3) is 0.600. The van der Waals surface area contributed by atoms with E-state index in [1.165, 1.54) is 0 Å². The van der Waals surface area contributed by atoms with Gasteiger partial charge in [0.15, 0.2) is 0 Å². The summed E-state index contributed by atoms with van der Waals surface area (Å²) < 4.78 is 0. The number of hydrogen-bond donors (Lipinski definition) is 1. The number of halogens is 1. The van der Waals surface area contributed by atoms with E-state index >= 15 is 0 Å². The summed E-state index contributed by atoms with van der Waals surface area (Å²) in [5.41, 5.74) is 1.95. The number of rotatable bonds is 3. The summed E-state index contributed by atoms with van der Waals surface area (Å²) in [4.78, 5) is 4.81. The molecule has 0 aromatic heterocycles. The first-order valence-corrected chi connectivity index (χ1v) is 7.33. The topological polar surface area (TPSA) is 26.7 Å². The monoisotopic (exact) mass is 282 g/mol. The molecule has 0 spiro atoms. The molecule has 1 aromatic rings. The molecule has 4 heteroatoms. The van der Waals surface area contributed by atoms with Gasteiger partial charge in [-0.25, -0.2) is 0 Å². The minimum atomic E-state index is -0.468. The average Bonchev–Trinajstić information content (AvgIpc) is 2.38. The Balaban J connectivity index is 2.07. The van der Waals surface area contributed by atoms with E-state index in [1.54, 1.807) is 6.92 Å². The van der Waals surface area contributed by atoms with Crippen molar-refractivity contribution < 1.29 is 5.11 Å². The van der Waals surface area contributed by atoms with Crippen LogP contribution in [0.5, 0.6) is 0 Å². The predicted octanol–water partition coefficient (Wildman–Crippen LogP) is 2.92. The highest BCUT2D eigenvalue weighted by Crippen LogP contribution is 2.29. The Morgan fingerprint density at radius 1 is 1.11 bits per heavy atom. The summed E-state index contributed by atoms with van der Waals surface area (Å²) in [5, 5.41) is 10.3. The molecule has 0 bridgehead atoms. The van der Waals surface area contributed by atoms with E-state index in [0.29, 0.717) is 6.04 Å². The normalized spacial score (nSPS) is 18.9. The molecule has 0 saturated carbocycles. The molecule has 0 unspecified atom stereocenters. The standard InChI is InChI=1S/C15H23ClN2O/c1-11(2)17-6-8-18(9-7-17)15-5-4-13(12(3)19)10-14(15)16/h4-5,10-12,19H,6-9H2,1-3H3/t12-/m1/s1. The highest BCUT2D eigenvalue weighted by molar-refractivity contribution is 6.33. The molecule has 2 rings (SSSR count). The molecular weight excluding hydrogens is 260 g/mol. The molecule has 1 heterocycles. The fourth-order valence-electron chi connectivity index (χ4n) is 2.52. The fourth-order valence-corrected chi connectivity index (χ4v) is 2.83. The molecule has 0 amide bonds. The van der Waals surface area contributed by atoms with Crippen LogP contribution in [-0.4, -0.2) is 42.2 Å². The minimum Gasteiger partial charge on any atom is -0.389 e. The van der Waals surface area contributed by atoms with Crippen LogP contribution >= 0.6 is 11.6 Å². The van der Waals surface area contributed by atoms with E-state index in [2.05, 4.69) is 23.6 Å². The molecule has 1 N–H and O–H groups in total. The lowest BCUT2D eigenvalue weighted by molar-refractivity contribution is 0.199. The average molecular weight is 283 g/mol. The molecular formula is C15H23ClN2O. The maximum absolute atomic E-state index is 9.57. The molecule has 3 nitrogen and oxygen atoms in total. The number of benzene rings is 1. The molecule has 1 aromatic carbocycles. The highest BCUT2D eigenvalue weighted by Gasteiger charge is 2.20. The molecule has 1 aliphatic heterocycles. The van der Waals surface area contributed by atoms with Gasteiger partial charge in [0, 0.05) is 32.2 Å². The number of aliphatic hydroxyl groups excluding tert-OH is 1. The summed E-state index contributed by atoms with van der Waals surface area (Å²) in [7, 11) is 0. The second kappa shape index (κ2) is 6.12. The van der Waals surface area contributed by atoms with Crippen molar-refractivity contribution in [1.29, 1.82) is 0 Å². The third-order valence-electron chi connectivity index (χ3n) is 3.84. The lowest BCUT2D eigenvalue weighted by Gasteiger charge is -2.38. The molecule has 0 aliphatic carbocycles. The first kappa shape index (κ1) is 14.6. The van der Waals surface area contributed by atoms with E-state index in [-0.39, 0.29) is 0 Å². The Hall–Kier alpha value is -0.770. The zero-order valence-electron chi connectivity index (χ0n) is 11.9. The van der Waals surface area contributed by atoms with Crippen molar-refractivity contribution in [1.82, 2.24) is 4.90 Å². The number of nitrogens with zero attached hydrogens (tertiary/aromatic N) is 2. The molecule has 1 aliphatic rings. The smallest absolute Gasteiger partial charge is 0.0762 e. The summed E-state index contributed by atoms with van der Waals surface area (Å²) in [6.07, 6.45) is -0.468. The summed E-state index contributed by atoms with van der Waals surface area (Å²) >= 11 is 6.34. The van der Waals surface area contributed by atoms with Gasteiger partial charge < -0.3 is 10.0 Å². The SMILES string of the molecule is CC(C)N1CCN(c2ccc([C@@H](C)O)cc2Cl)CC1. The molecule has 1 fully saturated rings. The van der Waals surface area contributed by atoms with E-state index < -0.39 is 6.10 Å². The van der Waals surface area contributed by atoms with Gasteiger partial charge in [0.05, 0.1) is 16.8 Å². The minimum absolute atomic E-state index is 0.468. The van der Waals surface area contributed by atoms with Crippen LogP contribution in [0.15, 0.2) is 18.2 Å². The van der Waals surface area contributed by atoms with Crippen molar-refractivity contribution in [2.24, 2.45) is 0 Å². The predicted molar refractivity (Wildman–Crippen MR) is 81.0 cm³/mol. The number of hydrogen-bond acceptors (Lipinski definition) is 3. The van der Waals surface area contributed by atoms with Crippen LogP contribution in [0.2, 0.25) is 5.02 Å². The number of aliphatic hydroxyl groups is 1. The third-order valence-corrected chi connectivity index (χ3v) is 4.14. The van der Waals surface area contributed by atoms with Crippen LogP contribution in [0.25, 0.3) is 0 Å². The molecule has 106 valence electrons. The van der Waals surface area contributed by atoms with Gasteiger partial charge in [-0.1, -0.05) is 17.7 Å². The largest absolute Gasteiger partial charge is 0.389 e. The highest BCUT2D eigenvalue weighted by atomic mass is 35.5. The van der Waals surface area contributed by atoms with Crippen LogP contribution in [-0.2, 0) is 0 Å². The van der Waals surface area contributed by atoms with Crippen LogP contribution in [0.4, 0.5) is 5.69 Å². The summed E-state index contributed by atoms with van der Waals surface area (Å²) in [5.74, 6) is 0. The lowest BCUT2D eigenvalue weighted by Crippen LogP contribution is -2.49. The second-order valence-corrected chi connectivity index (χ2v) is 5.91. The van der Waals surface area contributed by atoms with Gasteiger partial charge in [0.25, 0.3) is 0 Å². The van der Waals surface area contributed by atoms with Gasteiger partial charge in [-0.3, -0.25) is 4.90 Å². The van der Waals surface area contributed by atoms with Crippen molar-refractivity contribution in [3.63, 3.8) is 0 Å². The van der Waals surface area contributed by atoms with Crippen molar-refractivity contribution in [3.8, 4) is 0 Å². The van der Waals surface area contributed by atoms with E-state index in [9.17, 15) is 5.11 Å². The number of anilines is 1. The van der Waals surface area contributed by atoms with Crippen molar-refractivity contribution in [2.45, 2.75) is 32.9 Å². The number of piperazine rings is 1. The van der Waals surface area contributed by atoms with Gasteiger partial charge in [0.1, 0.15) is 0 Å². The van der Waals surface area contributed by atoms with E-state index in [4.69, 9.17) is 11.6 Å².